The minimum atomic E-state index is -3.81. The molecule has 174 valence electrons. The lowest BCUT2D eigenvalue weighted by atomic mass is 9.82. The van der Waals surface area contributed by atoms with Gasteiger partial charge in [0.2, 0.25) is 15.9 Å². The van der Waals surface area contributed by atoms with Crippen molar-refractivity contribution < 1.29 is 22.8 Å². The highest BCUT2D eigenvalue weighted by Crippen LogP contribution is 2.35. The van der Waals surface area contributed by atoms with Crippen molar-refractivity contribution in [1.29, 1.82) is 0 Å². The van der Waals surface area contributed by atoms with E-state index in [0.29, 0.717) is 16.7 Å². The molecule has 4 N–H and O–H groups in total. The predicted octanol–water partition coefficient (Wildman–Crippen LogP) is 1.45. The zero-order valence-corrected chi connectivity index (χ0v) is 18.8. The Bertz CT molecular complexity index is 1290. The molecule has 0 spiro atoms. The topological polar surface area (TPSA) is 139 Å². The van der Waals surface area contributed by atoms with Crippen LogP contribution in [-0.4, -0.2) is 37.7 Å². The van der Waals surface area contributed by atoms with Crippen LogP contribution in [0.4, 0.5) is 4.79 Å². The van der Waals surface area contributed by atoms with Gasteiger partial charge in [0.1, 0.15) is 6.54 Å². The van der Waals surface area contributed by atoms with Crippen LogP contribution in [0.25, 0.3) is 0 Å². The molecule has 1 heterocycles. The number of sulfonamides is 1. The summed E-state index contributed by atoms with van der Waals surface area (Å²) in [7, 11) is -3.81. The van der Waals surface area contributed by atoms with E-state index in [0.717, 1.165) is 4.90 Å². The minimum absolute atomic E-state index is 0.0416. The Labute approximate surface area is 196 Å². The molecule has 10 heteroatoms. The molecular formula is C24H22N4O5S. The molecule has 3 aromatic rings. The summed E-state index contributed by atoms with van der Waals surface area (Å²) in [5, 5.41) is 10.5. The number of urea groups is 1. The number of hydrogen-bond acceptors (Lipinski definition) is 5. The van der Waals surface area contributed by atoms with Crippen LogP contribution in [0.2, 0.25) is 0 Å². The first-order chi connectivity index (χ1) is 16.2. The third-order valence-electron chi connectivity index (χ3n) is 5.56. The van der Waals surface area contributed by atoms with Crippen molar-refractivity contribution in [3.05, 3.63) is 102 Å². The number of primary sulfonamides is 1. The quantitative estimate of drug-likeness (QED) is 0.441. The van der Waals surface area contributed by atoms with Crippen LogP contribution >= 0.6 is 0 Å². The maximum Gasteiger partial charge on any atom is 0.326 e. The van der Waals surface area contributed by atoms with Crippen LogP contribution in [0, 0.1) is 0 Å². The first-order valence-electron chi connectivity index (χ1n) is 10.4. The molecule has 1 saturated heterocycles. The van der Waals surface area contributed by atoms with Crippen LogP contribution < -0.4 is 15.8 Å². The molecule has 0 aromatic heterocycles. The summed E-state index contributed by atoms with van der Waals surface area (Å²) in [5.41, 5.74) is 0.347. The van der Waals surface area contributed by atoms with E-state index in [1.807, 2.05) is 12.1 Å². The number of hydrogen-bond donors (Lipinski definition) is 3. The van der Waals surface area contributed by atoms with E-state index in [4.69, 9.17) is 5.14 Å². The lowest BCUT2D eigenvalue weighted by Gasteiger charge is -2.28. The fraction of sp³-hybridized carbons (Fsp3) is 0.125. The molecule has 0 saturated carbocycles. The van der Waals surface area contributed by atoms with E-state index in [2.05, 4.69) is 10.6 Å². The van der Waals surface area contributed by atoms with Gasteiger partial charge in [-0.1, -0.05) is 72.8 Å². The number of nitrogens with two attached hydrogens (primary N) is 1. The zero-order valence-electron chi connectivity index (χ0n) is 18.0. The van der Waals surface area contributed by atoms with Gasteiger partial charge in [0.15, 0.2) is 5.54 Å². The number of amides is 4. The second-order valence-electron chi connectivity index (χ2n) is 7.77. The van der Waals surface area contributed by atoms with Crippen LogP contribution in [0.1, 0.15) is 16.7 Å². The molecule has 1 aliphatic rings. The van der Waals surface area contributed by atoms with Gasteiger partial charge in [0.05, 0.1) is 4.90 Å². The van der Waals surface area contributed by atoms with E-state index >= 15 is 0 Å². The average Bonchev–Trinajstić information content (AvgIpc) is 3.09. The predicted molar refractivity (Wildman–Crippen MR) is 124 cm³/mol. The Morgan fingerprint density at radius 1 is 0.882 bits per heavy atom. The van der Waals surface area contributed by atoms with Gasteiger partial charge in [-0.25, -0.2) is 18.4 Å². The number of rotatable bonds is 7. The molecule has 0 radical (unpaired) electrons. The van der Waals surface area contributed by atoms with Crippen LogP contribution in [-0.2, 0) is 31.7 Å². The summed E-state index contributed by atoms with van der Waals surface area (Å²) >= 11 is 0. The number of nitrogens with one attached hydrogen (secondary N) is 2. The summed E-state index contributed by atoms with van der Waals surface area (Å²) in [6.07, 6.45) is 0. The van der Waals surface area contributed by atoms with E-state index in [1.54, 1.807) is 48.5 Å². The Morgan fingerprint density at radius 2 is 1.41 bits per heavy atom. The number of nitrogens with zero attached hydrogens (tertiary/aromatic N) is 1. The molecule has 1 aliphatic heterocycles. The Morgan fingerprint density at radius 3 is 1.91 bits per heavy atom. The third-order valence-corrected chi connectivity index (χ3v) is 6.49. The van der Waals surface area contributed by atoms with Crippen molar-refractivity contribution in [1.82, 2.24) is 15.5 Å². The number of benzene rings is 3. The molecule has 4 rings (SSSR count). The molecule has 9 nitrogen and oxygen atoms in total. The molecule has 1 fully saturated rings. The second-order valence-corrected chi connectivity index (χ2v) is 9.33. The van der Waals surface area contributed by atoms with Gasteiger partial charge >= 0.3 is 6.03 Å². The van der Waals surface area contributed by atoms with Gasteiger partial charge in [-0.2, -0.15) is 0 Å². The van der Waals surface area contributed by atoms with Gasteiger partial charge in [-0.3, -0.25) is 14.5 Å². The Kier molecular flexibility index (Phi) is 6.18. The van der Waals surface area contributed by atoms with E-state index < -0.39 is 40.0 Å². The highest BCUT2D eigenvalue weighted by atomic mass is 32.2. The Balaban J connectivity index is 1.51. The van der Waals surface area contributed by atoms with E-state index in [1.165, 1.54) is 24.3 Å². The number of carbonyl (C=O) groups is 3. The maximum absolute atomic E-state index is 13.6. The van der Waals surface area contributed by atoms with Crippen molar-refractivity contribution in [3.8, 4) is 0 Å². The summed E-state index contributed by atoms with van der Waals surface area (Å²) in [5.74, 6) is -1.10. The maximum atomic E-state index is 13.6. The molecule has 0 aliphatic carbocycles. The molecule has 34 heavy (non-hydrogen) atoms. The SMILES string of the molecule is NS(=O)(=O)c1ccc(CNC(=O)CN2C(=O)NC(c3ccccc3)(c3ccccc3)C2=O)cc1. The van der Waals surface area contributed by atoms with Crippen LogP contribution in [0.5, 0.6) is 0 Å². The van der Waals surface area contributed by atoms with Gasteiger partial charge in [-0.15, -0.1) is 0 Å². The van der Waals surface area contributed by atoms with Gasteiger partial charge in [-0.05, 0) is 28.8 Å². The van der Waals surface area contributed by atoms with Crippen molar-refractivity contribution >= 4 is 27.9 Å². The van der Waals surface area contributed by atoms with Crippen molar-refractivity contribution in [2.45, 2.75) is 17.0 Å². The van der Waals surface area contributed by atoms with E-state index in [9.17, 15) is 22.8 Å². The molecule has 3 aromatic carbocycles. The minimum Gasteiger partial charge on any atom is -0.350 e. The van der Waals surface area contributed by atoms with Gasteiger partial charge in [0.25, 0.3) is 5.91 Å². The third kappa shape index (κ3) is 4.41. The Hall–Kier alpha value is -4.02. The first-order valence-corrected chi connectivity index (χ1v) is 11.9. The molecule has 4 amide bonds. The number of imide groups is 1. The highest BCUT2D eigenvalue weighted by molar-refractivity contribution is 7.89. The van der Waals surface area contributed by atoms with Crippen molar-refractivity contribution in [2.24, 2.45) is 5.14 Å². The summed E-state index contributed by atoms with van der Waals surface area (Å²) in [6.45, 7) is -0.392. The van der Waals surface area contributed by atoms with Crippen molar-refractivity contribution in [2.75, 3.05) is 6.54 Å². The first kappa shape index (κ1) is 23.1. The standard InChI is InChI=1S/C24H22N4O5S/c25-34(32,33)20-13-11-17(12-14-20)15-26-21(29)16-28-22(30)24(27-23(28)31,18-7-3-1-4-8-18)19-9-5-2-6-10-19/h1-14H,15-16H2,(H,26,29)(H,27,31)(H2,25,32,33). The lowest BCUT2D eigenvalue weighted by molar-refractivity contribution is -0.134. The average molecular weight is 479 g/mol. The molecule has 0 unspecified atom stereocenters. The van der Waals surface area contributed by atoms with Crippen LogP contribution in [0.3, 0.4) is 0 Å². The summed E-state index contributed by atoms with van der Waals surface area (Å²) in [4.78, 5) is 39.8. The second kappa shape index (κ2) is 9.08. The largest absolute Gasteiger partial charge is 0.350 e. The lowest BCUT2D eigenvalue weighted by Crippen LogP contribution is -2.46. The van der Waals surface area contributed by atoms with Gasteiger partial charge in [0, 0.05) is 6.54 Å². The smallest absolute Gasteiger partial charge is 0.326 e. The molecular weight excluding hydrogens is 456 g/mol. The van der Waals surface area contributed by atoms with Crippen LogP contribution in [0.15, 0.2) is 89.8 Å². The normalized spacial score (nSPS) is 15.1. The highest BCUT2D eigenvalue weighted by Gasteiger charge is 2.54. The van der Waals surface area contributed by atoms with E-state index in [-0.39, 0.29) is 11.4 Å². The number of carbonyl (C=O) groups excluding carboxylic acids is 3. The zero-order chi connectivity index (χ0) is 24.3. The van der Waals surface area contributed by atoms with Crippen molar-refractivity contribution in [3.63, 3.8) is 0 Å². The summed E-state index contributed by atoms with van der Waals surface area (Å²) in [6, 6.07) is 22.7. The monoisotopic (exact) mass is 478 g/mol. The molecule has 0 atom stereocenters. The summed E-state index contributed by atoms with van der Waals surface area (Å²) < 4.78 is 22.7. The fourth-order valence-corrected chi connectivity index (χ4v) is 4.37. The molecule has 0 bridgehead atoms. The van der Waals surface area contributed by atoms with Gasteiger partial charge < -0.3 is 10.6 Å². The fourth-order valence-electron chi connectivity index (χ4n) is 3.85.